The molecular weight excluding hydrogens is 558 g/mol. The van der Waals surface area contributed by atoms with E-state index in [4.69, 9.17) is 0 Å². The summed E-state index contributed by atoms with van der Waals surface area (Å²) in [6.07, 6.45) is 2.63. The number of aliphatic carboxylic acids is 1. The molecule has 7 atom stereocenters. The first-order chi connectivity index (χ1) is 17.7. The molecule has 3 heterocycles. The minimum Gasteiger partial charge on any atom is -0.481 e. The molecule has 2 bridgehead atoms. The second-order valence-electron chi connectivity index (χ2n) is 9.92. The summed E-state index contributed by atoms with van der Waals surface area (Å²) in [5.74, 6) is -3.30. The van der Waals surface area contributed by atoms with Crippen LogP contribution in [0.3, 0.4) is 0 Å². The molecule has 10 heteroatoms. The van der Waals surface area contributed by atoms with Crippen LogP contribution in [-0.2, 0) is 14.4 Å². The second kappa shape index (κ2) is 11.0. The van der Waals surface area contributed by atoms with Crippen LogP contribution in [0, 0.1) is 11.8 Å². The summed E-state index contributed by atoms with van der Waals surface area (Å²) < 4.78 is -0.876. The van der Waals surface area contributed by atoms with Gasteiger partial charge >= 0.3 is 5.97 Å². The summed E-state index contributed by atoms with van der Waals surface area (Å²) in [6.45, 7) is 11.6. The lowest BCUT2D eigenvalue weighted by Gasteiger charge is -2.39. The first-order valence-corrected chi connectivity index (χ1v) is 14.7. The van der Waals surface area contributed by atoms with Gasteiger partial charge in [-0.2, -0.15) is 0 Å². The molecule has 8 nitrogen and oxygen atoms in total. The van der Waals surface area contributed by atoms with E-state index in [9.17, 15) is 24.6 Å². The monoisotopic (exact) mass is 593 g/mol. The van der Waals surface area contributed by atoms with Gasteiger partial charge in [0.05, 0.1) is 29.2 Å². The standard InChI is InChI=1S/C27H36BrN3O5S/c1-5-13-30(18-11-9-17(10-12-18)29(7-3)8-4)25(34)23-27-14-19(28)22(37-27)20(26(35)36)21(27)24(33)31(23)16(6-2)15-32/h5,9-12,16,19-23,32H,1,6-8,13-15H2,2-4H3,(H,35,36)/t16-,19?,20-,21-,22-,23?,27?/m0/s1. The van der Waals surface area contributed by atoms with Crippen molar-refractivity contribution in [3.05, 3.63) is 36.9 Å². The number of thioether (sulfide) groups is 1. The van der Waals surface area contributed by atoms with Crippen LogP contribution < -0.4 is 9.80 Å². The Labute approximate surface area is 231 Å². The molecule has 0 aliphatic carbocycles. The Balaban J connectivity index is 1.79. The smallest absolute Gasteiger partial charge is 0.308 e. The van der Waals surface area contributed by atoms with Crippen molar-refractivity contribution < 1.29 is 24.6 Å². The Hall–Kier alpha value is -2.04. The van der Waals surface area contributed by atoms with Crippen LogP contribution in [0.15, 0.2) is 36.9 Å². The van der Waals surface area contributed by atoms with E-state index in [-0.39, 0.29) is 35.0 Å². The average Bonchev–Trinajstić information content (AvgIpc) is 3.48. The fourth-order valence-corrected chi connectivity index (χ4v) is 10.1. The van der Waals surface area contributed by atoms with Crippen LogP contribution in [0.2, 0.25) is 0 Å². The van der Waals surface area contributed by atoms with Gasteiger partial charge in [-0.25, -0.2) is 0 Å². The Morgan fingerprint density at radius 3 is 2.38 bits per heavy atom. The number of halogens is 1. The Bertz CT molecular complexity index is 1050. The molecule has 3 unspecified atom stereocenters. The molecule has 3 saturated heterocycles. The van der Waals surface area contributed by atoms with Gasteiger partial charge in [-0.15, -0.1) is 18.3 Å². The largest absolute Gasteiger partial charge is 0.481 e. The molecule has 3 fully saturated rings. The zero-order chi connectivity index (χ0) is 27.1. The number of hydrogen-bond acceptors (Lipinski definition) is 6. The third kappa shape index (κ3) is 4.38. The van der Waals surface area contributed by atoms with Crippen LogP contribution in [0.25, 0.3) is 0 Å². The molecule has 1 spiro atoms. The SMILES string of the molecule is C=CCN(C(=O)C1N([C@@H](CC)CO)C(=O)[C@@H]2[C@H](C(=O)O)[C@H]3SC12CC3Br)c1ccc(N(CC)CC)cc1. The van der Waals surface area contributed by atoms with Gasteiger partial charge in [-0.1, -0.05) is 28.9 Å². The van der Waals surface area contributed by atoms with E-state index in [2.05, 4.69) is 41.3 Å². The number of likely N-dealkylation sites (tertiary alicyclic amines) is 1. The van der Waals surface area contributed by atoms with Crippen molar-refractivity contribution in [1.82, 2.24) is 4.90 Å². The second-order valence-corrected chi connectivity index (χ2v) is 12.6. The van der Waals surface area contributed by atoms with Crippen LogP contribution in [0.5, 0.6) is 0 Å². The molecule has 1 aromatic carbocycles. The Morgan fingerprint density at radius 2 is 1.86 bits per heavy atom. The number of carboxylic acid groups (broad SMARTS) is 1. The van der Waals surface area contributed by atoms with E-state index in [1.807, 2.05) is 31.2 Å². The number of aliphatic hydroxyl groups excluding tert-OH is 1. The molecule has 0 radical (unpaired) electrons. The van der Waals surface area contributed by atoms with Gasteiger partial charge < -0.3 is 24.9 Å². The fourth-order valence-electron chi connectivity index (χ4n) is 6.47. The van der Waals surface area contributed by atoms with E-state index in [0.717, 1.165) is 18.8 Å². The van der Waals surface area contributed by atoms with Crippen molar-refractivity contribution in [1.29, 1.82) is 0 Å². The van der Waals surface area contributed by atoms with E-state index in [1.54, 1.807) is 11.0 Å². The Morgan fingerprint density at radius 1 is 1.24 bits per heavy atom. The van der Waals surface area contributed by atoms with Crippen molar-refractivity contribution in [3.8, 4) is 0 Å². The van der Waals surface area contributed by atoms with Gasteiger partial charge in [-0.05, 0) is 51.0 Å². The van der Waals surface area contributed by atoms with E-state index >= 15 is 0 Å². The van der Waals surface area contributed by atoms with E-state index in [0.29, 0.717) is 18.5 Å². The van der Waals surface area contributed by atoms with E-state index < -0.39 is 34.6 Å². The maximum Gasteiger partial charge on any atom is 0.308 e. The minimum atomic E-state index is -1.01. The molecule has 3 aliphatic rings. The summed E-state index contributed by atoms with van der Waals surface area (Å²) in [6, 6.07) is 6.32. The fraction of sp³-hybridized carbons (Fsp3) is 0.593. The number of carbonyl (C=O) groups excluding carboxylic acids is 2. The maximum atomic E-state index is 14.5. The lowest BCUT2D eigenvalue weighted by atomic mass is 9.71. The first-order valence-electron chi connectivity index (χ1n) is 13.0. The highest BCUT2D eigenvalue weighted by Crippen LogP contribution is 2.68. The van der Waals surface area contributed by atoms with Crippen molar-refractivity contribution >= 4 is 56.9 Å². The molecule has 4 rings (SSSR count). The lowest BCUT2D eigenvalue weighted by molar-refractivity contribution is -0.149. The number of carboxylic acids is 1. The summed E-state index contributed by atoms with van der Waals surface area (Å²) in [5.41, 5.74) is 1.74. The number of nitrogens with zero attached hydrogens (tertiary/aromatic N) is 3. The highest BCUT2D eigenvalue weighted by molar-refractivity contribution is 9.09. The molecule has 0 aromatic heterocycles. The topological polar surface area (TPSA) is 101 Å². The summed E-state index contributed by atoms with van der Waals surface area (Å²) in [7, 11) is 0. The molecule has 202 valence electrons. The average molecular weight is 595 g/mol. The number of anilines is 2. The first kappa shape index (κ1) is 28.0. The lowest BCUT2D eigenvalue weighted by Crippen LogP contribution is -2.58. The number of alkyl halides is 1. The zero-order valence-corrected chi connectivity index (χ0v) is 24.0. The normalized spacial score (nSPS) is 30.8. The van der Waals surface area contributed by atoms with Crippen LogP contribution >= 0.6 is 27.7 Å². The number of amides is 2. The summed E-state index contributed by atoms with van der Waals surface area (Å²) in [4.78, 5) is 46.0. The van der Waals surface area contributed by atoms with Gasteiger partial charge in [0.2, 0.25) is 5.91 Å². The quantitative estimate of drug-likeness (QED) is 0.299. The summed E-state index contributed by atoms with van der Waals surface area (Å²) >= 11 is 5.13. The van der Waals surface area contributed by atoms with Gasteiger partial charge in [-0.3, -0.25) is 14.4 Å². The molecule has 0 saturated carbocycles. The van der Waals surface area contributed by atoms with Crippen LogP contribution in [0.1, 0.15) is 33.6 Å². The predicted octanol–water partition coefficient (Wildman–Crippen LogP) is 3.37. The van der Waals surface area contributed by atoms with E-state index in [1.165, 1.54) is 16.7 Å². The van der Waals surface area contributed by atoms with Gasteiger partial charge in [0.15, 0.2) is 0 Å². The number of hydrogen-bond donors (Lipinski definition) is 2. The predicted molar refractivity (Wildman–Crippen MR) is 150 cm³/mol. The molecule has 37 heavy (non-hydrogen) atoms. The highest BCUT2D eigenvalue weighted by Gasteiger charge is 2.76. The maximum absolute atomic E-state index is 14.5. The molecule has 2 N–H and O–H groups in total. The van der Waals surface area contributed by atoms with Crippen molar-refractivity contribution in [3.63, 3.8) is 0 Å². The summed E-state index contributed by atoms with van der Waals surface area (Å²) in [5, 5.41) is 20.0. The zero-order valence-electron chi connectivity index (χ0n) is 21.5. The minimum absolute atomic E-state index is 0.117. The third-order valence-electron chi connectivity index (χ3n) is 8.19. The van der Waals surface area contributed by atoms with Gasteiger partial charge in [0.25, 0.3) is 5.91 Å². The van der Waals surface area contributed by atoms with Crippen LogP contribution in [-0.4, -0.2) is 86.0 Å². The van der Waals surface area contributed by atoms with Gasteiger partial charge in [0, 0.05) is 41.1 Å². The molecule has 3 aliphatic heterocycles. The number of carbonyl (C=O) groups is 3. The Kier molecular flexibility index (Phi) is 8.30. The van der Waals surface area contributed by atoms with Crippen molar-refractivity contribution in [2.75, 3.05) is 36.0 Å². The highest BCUT2D eigenvalue weighted by atomic mass is 79.9. The number of aliphatic hydroxyl groups is 1. The number of rotatable bonds is 11. The van der Waals surface area contributed by atoms with Gasteiger partial charge in [0.1, 0.15) is 6.04 Å². The van der Waals surface area contributed by atoms with Crippen LogP contribution in [0.4, 0.5) is 11.4 Å². The molecule has 2 amide bonds. The van der Waals surface area contributed by atoms with Crippen molar-refractivity contribution in [2.24, 2.45) is 11.8 Å². The molecular formula is C27H36BrN3O5S. The third-order valence-corrected chi connectivity index (χ3v) is 11.4. The molecule has 1 aromatic rings. The number of benzene rings is 1. The number of fused-ring (bicyclic) bond motifs is 1. The van der Waals surface area contributed by atoms with Crippen molar-refractivity contribution in [2.45, 2.75) is 60.5 Å².